The quantitative estimate of drug-likeness (QED) is 0.508. The molecule has 0 aliphatic carbocycles. The van der Waals surface area contributed by atoms with Crippen molar-refractivity contribution in [2.45, 2.75) is 37.4 Å². The Morgan fingerprint density at radius 1 is 1.38 bits per heavy atom. The van der Waals surface area contributed by atoms with Gasteiger partial charge in [-0.15, -0.1) is 16.8 Å². The van der Waals surface area contributed by atoms with Crippen LogP contribution in [0.3, 0.4) is 0 Å². The molecule has 0 bridgehead atoms. The van der Waals surface area contributed by atoms with Gasteiger partial charge in [-0.3, -0.25) is 4.79 Å². The first-order valence-corrected chi connectivity index (χ1v) is 8.47. The maximum absolute atomic E-state index is 10.9. The van der Waals surface area contributed by atoms with Gasteiger partial charge in [0, 0.05) is 6.54 Å². The number of hydrogen-bond acceptors (Lipinski definition) is 4. The van der Waals surface area contributed by atoms with Gasteiger partial charge in [0.2, 0.25) is 5.91 Å². The lowest BCUT2D eigenvalue weighted by molar-refractivity contribution is -0.904. The number of primary amides is 1. The third-order valence-corrected chi connectivity index (χ3v) is 4.70. The minimum atomic E-state index is -0.340. The van der Waals surface area contributed by atoms with Crippen molar-refractivity contribution in [1.29, 1.82) is 0 Å². The van der Waals surface area contributed by atoms with Crippen molar-refractivity contribution in [3.8, 4) is 0 Å². The molecule has 0 atom stereocenters. The summed E-state index contributed by atoms with van der Waals surface area (Å²) in [6.07, 6.45) is 6.76. The summed E-state index contributed by atoms with van der Waals surface area (Å²) in [7, 11) is 0. The van der Waals surface area contributed by atoms with Crippen LogP contribution >= 0.6 is 11.8 Å². The van der Waals surface area contributed by atoms with Crippen LogP contribution in [0, 0.1) is 0 Å². The molecule has 1 saturated heterocycles. The minimum absolute atomic E-state index is 0.229. The summed E-state index contributed by atoms with van der Waals surface area (Å²) in [4.78, 5) is 12.6. The molecule has 7 heteroatoms. The van der Waals surface area contributed by atoms with Crippen LogP contribution in [0.2, 0.25) is 0 Å². The van der Waals surface area contributed by atoms with Crippen LogP contribution in [0.1, 0.15) is 25.1 Å². The van der Waals surface area contributed by atoms with Gasteiger partial charge in [0.25, 0.3) is 0 Å². The zero-order valence-corrected chi connectivity index (χ0v) is 13.2. The largest absolute Gasteiger partial charge is 0.369 e. The van der Waals surface area contributed by atoms with Crippen LogP contribution in [0.4, 0.5) is 0 Å². The normalized spacial score (nSPS) is 16.0. The van der Waals surface area contributed by atoms with Gasteiger partial charge in [-0.05, 0) is 19.3 Å². The summed E-state index contributed by atoms with van der Waals surface area (Å²) in [5, 5.41) is 9.21. The van der Waals surface area contributed by atoms with Crippen LogP contribution in [-0.4, -0.2) is 46.1 Å². The van der Waals surface area contributed by atoms with Crippen molar-refractivity contribution in [2.75, 3.05) is 25.4 Å². The van der Waals surface area contributed by atoms with Gasteiger partial charge in [0.05, 0.1) is 31.8 Å². The molecule has 1 aliphatic rings. The number of rotatable bonds is 8. The molecule has 1 aliphatic heterocycles. The number of likely N-dealkylation sites (tertiary alicyclic amines) is 1. The van der Waals surface area contributed by atoms with E-state index >= 15 is 0 Å². The van der Waals surface area contributed by atoms with Gasteiger partial charge >= 0.3 is 0 Å². The second kappa shape index (κ2) is 8.19. The zero-order valence-electron chi connectivity index (χ0n) is 12.4. The summed E-state index contributed by atoms with van der Waals surface area (Å²) in [5.41, 5.74) is 5.19. The van der Waals surface area contributed by atoms with Gasteiger partial charge in [-0.25, -0.2) is 0 Å². The van der Waals surface area contributed by atoms with Crippen molar-refractivity contribution < 1.29 is 9.69 Å². The second-order valence-corrected chi connectivity index (χ2v) is 6.31. The lowest BCUT2D eigenvalue weighted by Gasteiger charge is -2.23. The first-order chi connectivity index (χ1) is 10.2. The van der Waals surface area contributed by atoms with Gasteiger partial charge in [0.15, 0.2) is 5.16 Å². The zero-order chi connectivity index (χ0) is 15.1. The number of amides is 1. The predicted octanol–water partition coefficient (Wildman–Crippen LogP) is -0.347. The highest BCUT2D eigenvalue weighted by Crippen LogP contribution is 2.16. The second-order valence-electron chi connectivity index (χ2n) is 5.36. The van der Waals surface area contributed by atoms with Gasteiger partial charge < -0.3 is 15.2 Å². The number of hydrogen-bond donors (Lipinski definition) is 2. The first-order valence-electron chi connectivity index (χ1n) is 7.48. The van der Waals surface area contributed by atoms with E-state index in [2.05, 4.69) is 16.8 Å². The number of nitrogens with two attached hydrogens (primary N) is 1. The van der Waals surface area contributed by atoms with Gasteiger partial charge in [0.1, 0.15) is 5.82 Å². The van der Waals surface area contributed by atoms with Crippen molar-refractivity contribution in [2.24, 2.45) is 5.73 Å². The Bertz CT molecular complexity index is 482. The summed E-state index contributed by atoms with van der Waals surface area (Å²) < 4.78 is 2.03. The van der Waals surface area contributed by atoms with Crippen LogP contribution in [0.5, 0.6) is 0 Å². The first kappa shape index (κ1) is 16.0. The molecular weight excluding hydrogens is 286 g/mol. The monoisotopic (exact) mass is 310 g/mol. The number of nitrogens with one attached hydrogen (secondary N) is 1. The third-order valence-electron chi connectivity index (χ3n) is 3.71. The summed E-state index contributed by atoms with van der Waals surface area (Å²) in [6, 6.07) is 0. The molecule has 1 aromatic rings. The summed E-state index contributed by atoms with van der Waals surface area (Å²) >= 11 is 1.34. The molecule has 0 unspecified atom stereocenters. The highest BCUT2D eigenvalue weighted by molar-refractivity contribution is 7.99. The van der Waals surface area contributed by atoms with Crippen LogP contribution in [0.15, 0.2) is 17.8 Å². The lowest BCUT2D eigenvalue weighted by atomic mass is 10.1. The van der Waals surface area contributed by atoms with Crippen molar-refractivity contribution in [1.82, 2.24) is 14.8 Å². The Kier molecular flexibility index (Phi) is 6.25. The molecule has 2 rings (SSSR count). The number of aromatic nitrogens is 3. The average molecular weight is 310 g/mol. The molecule has 3 N–H and O–H groups in total. The standard InChI is InChI=1S/C14H23N5OS/c1-2-7-19-13(6-10-18-8-4-3-5-9-18)16-17-14(19)21-11-12(15)20/h2H,1,3-11H2,(H2,15,20)/p+1. The van der Waals surface area contributed by atoms with E-state index in [0.717, 1.165) is 23.9 Å². The van der Waals surface area contributed by atoms with E-state index in [9.17, 15) is 4.79 Å². The third kappa shape index (κ3) is 4.86. The Balaban J connectivity index is 1.96. The van der Waals surface area contributed by atoms with E-state index in [-0.39, 0.29) is 11.7 Å². The smallest absolute Gasteiger partial charge is 0.227 e. The predicted molar refractivity (Wildman–Crippen MR) is 83.3 cm³/mol. The van der Waals surface area contributed by atoms with Gasteiger partial charge in [-0.2, -0.15) is 0 Å². The molecule has 0 spiro atoms. The molecule has 2 heterocycles. The maximum Gasteiger partial charge on any atom is 0.227 e. The van der Waals surface area contributed by atoms with E-state index in [1.807, 2.05) is 10.6 Å². The Labute approximate surface area is 129 Å². The van der Waals surface area contributed by atoms with E-state index in [1.54, 1.807) is 4.90 Å². The number of quaternary nitrogens is 1. The molecule has 1 fully saturated rings. The lowest BCUT2D eigenvalue weighted by Crippen LogP contribution is -3.13. The molecular formula is C14H24N5OS+. The SMILES string of the molecule is C=CCn1c(CC[NH+]2CCCCC2)nnc1SCC(N)=O. The van der Waals surface area contributed by atoms with E-state index < -0.39 is 0 Å². The molecule has 0 saturated carbocycles. The fourth-order valence-corrected chi connectivity index (χ4v) is 3.35. The molecule has 116 valence electrons. The van der Waals surface area contributed by atoms with E-state index in [1.165, 1.54) is 44.1 Å². The number of carbonyl (C=O) groups is 1. The Morgan fingerprint density at radius 2 is 2.14 bits per heavy atom. The molecule has 1 amide bonds. The molecule has 1 aromatic heterocycles. The molecule has 6 nitrogen and oxygen atoms in total. The summed E-state index contributed by atoms with van der Waals surface area (Å²) in [5.74, 6) is 0.861. The minimum Gasteiger partial charge on any atom is -0.369 e. The van der Waals surface area contributed by atoms with Crippen molar-refractivity contribution in [3.63, 3.8) is 0 Å². The maximum atomic E-state index is 10.9. The Morgan fingerprint density at radius 3 is 2.81 bits per heavy atom. The number of nitrogens with zero attached hydrogens (tertiary/aromatic N) is 3. The fourth-order valence-electron chi connectivity index (χ4n) is 2.65. The van der Waals surface area contributed by atoms with E-state index in [0.29, 0.717) is 6.54 Å². The van der Waals surface area contributed by atoms with Gasteiger partial charge in [-0.1, -0.05) is 17.8 Å². The number of piperidine rings is 1. The fraction of sp³-hybridized carbons (Fsp3) is 0.643. The number of thioether (sulfide) groups is 1. The molecule has 21 heavy (non-hydrogen) atoms. The van der Waals surface area contributed by atoms with Crippen LogP contribution < -0.4 is 10.6 Å². The number of allylic oxidation sites excluding steroid dienone is 1. The van der Waals surface area contributed by atoms with Crippen LogP contribution in [-0.2, 0) is 17.8 Å². The topological polar surface area (TPSA) is 78.2 Å². The number of carbonyl (C=O) groups excluding carboxylic acids is 1. The van der Waals surface area contributed by atoms with E-state index in [4.69, 9.17) is 5.73 Å². The average Bonchev–Trinajstić information content (AvgIpc) is 2.87. The van der Waals surface area contributed by atoms with Crippen molar-refractivity contribution in [3.05, 3.63) is 18.5 Å². The Hall–Kier alpha value is -1.34. The summed E-state index contributed by atoms with van der Waals surface area (Å²) in [6.45, 7) is 8.06. The highest BCUT2D eigenvalue weighted by Gasteiger charge is 2.17. The molecule has 0 aromatic carbocycles. The highest BCUT2D eigenvalue weighted by atomic mass is 32.2. The molecule has 0 radical (unpaired) electrons. The van der Waals surface area contributed by atoms with Crippen molar-refractivity contribution >= 4 is 17.7 Å². The van der Waals surface area contributed by atoms with Crippen LogP contribution in [0.25, 0.3) is 0 Å².